The van der Waals surface area contributed by atoms with Crippen LogP contribution in [0.4, 0.5) is 0 Å². The molecule has 23 heavy (non-hydrogen) atoms. The molecule has 0 spiro atoms. The number of hydrogen-bond donors (Lipinski definition) is 2. The zero-order chi connectivity index (χ0) is 15.6. The summed E-state index contributed by atoms with van der Waals surface area (Å²) in [7, 11) is 0. The van der Waals surface area contributed by atoms with Crippen LogP contribution in [-0.2, 0) is 6.42 Å². The van der Waals surface area contributed by atoms with Gasteiger partial charge in [-0.1, -0.05) is 13.0 Å². The Bertz CT molecular complexity index is 436. The predicted molar refractivity (Wildman–Crippen MR) is 112 cm³/mol. The largest absolute Gasteiger partial charge is 0.370 e. The van der Waals surface area contributed by atoms with Crippen molar-refractivity contribution >= 4 is 41.3 Å². The van der Waals surface area contributed by atoms with Gasteiger partial charge in [-0.15, -0.1) is 35.3 Å². The van der Waals surface area contributed by atoms with Crippen LogP contribution in [0.1, 0.15) is 37.5 Å². The summed E-state index contributed by atoms with van der Waals surface area (Å²) in [5.41, 5.74) is 5.89. The maximum atomic E-state index is 5.89. The molecular formula is C17H31IN4S. The third kappa shape index (κ3) is 8.91. The van der Waals surface area contributed by atoms with E-state index in [0.29, 0.717) is 5.96 Å². The number of piperidine rings is 1. The SMILES string of the molecule is CC1CCCN(CCCCN=C(N)NCCc2cccs2)C1.I. The van der Waals surface area contributed by atoms with Gasteiger partial charge in [0.05, 0.1) is 0 Å². The fourth-order valence-electron chi connectivity index (χ4n) is 2.96. The summed E-state index contributed by atoms with van der Waals surface area (Å²) in [4.78, 5) is 8.39. The quantitative estimate of drug-likeness (QED) is 0.277. The molecule has 0 aliphatic carbocycles. The standard InChI is InChI=1S/C17H30N4S.HI/c1-15-6-4-12-21(14-15)11-3-2-9-19-17(18)20-10-8-16-7-5-13-22-16;/h5,7,13,15H,2-4,6,8-12,14H2,1H3,(H3,18,19,20);1H. The first kappa shape index (κ1) is 20.7. The van der Waals surface area contributed by atoms with E-state index in [9.17, 15) is 0 Å². The summed E-state index contributed by atoms with van der Waals surface area (Å²) in [6, 6.07) is 4.24. The molecule has 1 fully saturated rings. The van der Waals surface area contributed by atoms with Crippen LogP contribution in [0.3, 0.4) is 0 Å². The van der Waals surface area contributed by atoms with Gasteiger partial charge in [0.1, 0.15) is 0 Å². The average Bonchev–Trinajstić information content (AvgIpc) is 3.00. The van der Waals surface area contributed by atoms with Gasteiger partial charge >= 0.3 is 0 Å². The smallest absolute Gasteiger partial charge is 0.188 e. The fourth-order valence-corrected chi connectivity index (χ4v) is 3.67. The molecule has 1 unspecified atom stereocenters. The van der Waals surface area contributed by atoms with Crippen molar-refractivity contribution in [2.45, 2.75) is 39.0 Å². The molecule has 1 aliphatic rings. The summed E-state index contributed by atoms with van der Waals surface area (Å²) >= 11 is 1.79. The number of thiophene rings is 1. The molecule has 0 amide bonds. The number of guanidine groups is 1. The minimum absolute atomic E-state index is 0. The highest BCUT2D eigenvalue weighted by molar-refractivity contribution is 14.0. The number of nitrogens with two attached hydrogens (primary N) is 1. The zero-order valence-corrected chi connectivity index (χ0v) is 17.3. The van der Waals surface area contributed by atoms with Gasteiger partial charge in [-0.2, -0.15) is 0 Å². The Morgan fingerprint density at radius 3 is 3.09 bits per heavy atom. The van der Waals surface area contributed by atoms with E-state index in [1.807, 2.05) is 0 Å². The van der Waals surface area contributed by atoms with Crippen LogP contribution in [-0.4, -0.2) is 43.6 Å². The normalized spacial score (nSPS) is 19.3. The van der Waals surface area contributed by atoms with Crippen molar-refractivity contribution < 1.29 is 0 Å². The summed E-state index contributed by atoms with van der Waals surface area (Å²) in [5, 5.41) is 5.30. The molecule has 1 aliphatic heterocycles. The molecule has 2 rings (SSSR count). The van der Waals surface area contributed by atoms with E-state index in [2.05, 4.69) is 39.6 Å². The van der Waals surface area contributed by atoms with E-state index in [4.69, 9.17) is 5.73 Å². The second kappa shape index (κ2) is 12.1. The summed E-state index contributed by atoms with van der Waals surface area (Å²) < 4.78 is 0. The van der Waals surface area contributed by atoms with Gasteiger partial charge in [0.25, 0.3) is 0 Å². The minimum Gasteiger partial charge on any atom is -0.370 e. The Morgan fingerprint density at radius 2 is 2.35 bits per heavy atom. The minimum atomic E-state index is 0. The molecule has 3 N–H and O–H groups in total. The number of rotatable bonds is 8. The first-order valence-electron chi connectivity index (χ1n) is 8.52. The van der Waals surface area contributed by atoms with Crippen molar-refractivity contribution in [1.82, 2.24) is 10.2 Å². The number of aliphatic imine (C=N–C) groups is 1. The molecular weight excluding hydrogens is 419 g/mol. The highest BCUT2D eigenvalue weighted by Crippen LogP contribution is 2.15. The van der Waals surface area contributed by atoms with Crippen molar-refractivity contribution in [2.24, 2.45) is 16.6 Å². The van der Waals surface area contributed by atoms with Gasteiger partial charge in [-0.3, -0.25) is 4.99 Å². The number of halogens is 1. The summed E-state index contributed by atoms with van der Waals surface area (Å²) in [5.74, 6) is 1.46. The van der Waals surface area contributed by atoms with Crippen molar-refractivity contribution in [3.63, 3.8) is 0 Å². The Balaban J connectivity index is 0.00000264. The highest BCUT2D eigenvalue weighted by Gasteiger charge is 2.15. The lowest BCUT2D eigenvalue weighted by Crippen LogP contribution is -2.35. The van der Waals surface area contributed by atoms with Crippen LogP contribution in [0.5, 0.6) is 0 Å². The molecule has 1 aromatic rings. The maximum absolute atomic E-state index is 5.89. The topological polar surface area (TPSA) is 53.6 Å². The summed E-state index contributed by atoms with van der Waals surface area (Å²) in [6.45, 7) is 7.82. The van der Waals surface area contributed by atoms with E-state index in [1.54, 1.807) is 11.3 Å². The van der Waals surface area contributed by atoms with Gasteiger partial charge in [-0.05, 0) is 62.6 Å². The van der Waals surface area contributed by atoms with E-state index >= 15 is 0 Å². The third-order valence-electron chi connectivity index (χ3n) is 4.16. The second-order valence-corrected chi connectivity index (χ2v) is 7.31. The molecule has 1 saturated heterocycles. The number of hydrogen-bond acceptors (Lipinski definition) is 3. The van der Waals surface area contributed by atoms with E-state index in [-0.39, 0.29) is 24.0 Å². The van der Waals surface area contributed by atoms with Crippen LogP contribution in [0, 0.1) is 5.92 Å². The molecule has 2 heterocycles. The Labute approximate surface area is 161 Å². The van der Waals surface area contributed by atoms with Crippen LogP contribution < -0.4 is 11.1 Å². The Hall–Kier alpha value is -0.340. The first-order chi connectivity index (χ1) is 10.7. The van der Waals surface area contributed by atoms with E-state index in [1.165, 1.54) is 43.8 Å². The molecule has 0 aromatic carbocycles. The van der Waals surface area contributed by atoms with Gasteiger partial charge in [0.2, 0.25) is 0 Å². The molecule has 4 nitrogen and oxygen atoms in total. The number of nitrogens with zero attached hydrogens (tertiary/aromatic N) is 2. The van der Waals surface area contributed by atoms with E-state index in [0.717, 1.165) is 31.8 Å². The number of unbranched alkanes of at least 4 members (excludes halogenated alkanes) is 1. The predicted octanol–water partition coefficient (Wildman–Crippen LogP) is 3.33. The van der Waals surface area contributed by atoms with Gasteiger partial charge < -0.3 is 16.0 Å². The first-order valence-corrected chi connectivity index (χ1v) is 9.40. The Morgan fingerprint density at radius 1 is 1.48 bits per heavy atom. The third-order valence-corrected chi connectivity index (χ3v) is 5.10. The fraction of sp³-hybridized carbons (Fsp3) is 0.706. The zero-order valence-electron chi connectivity index (χ0n) is 14.2. The molecule has 132 valence electrons. The monoisotopic (exact) mass is 450 g/mol. The van der Waals surface area contributed by atoms with Crippen molar-refractivity contribution in [1.29, 1.82) is 0 Å². The van der Waals surface area contributed by atoms with E-state index < -0.39 is 0 Å². The molecule has 1 atom stereocenters. The Kier molecular flexibility index (Phi) is 10.9. The molecule has 1 aromatic heterocycles. The van der Waals surface area contributed by atoms with Crippen molar-refractivity contribution in [2.75, 3.05) is 32.7 Å². The van der Waals surface area contributed by atoms with Crippen molar-refractivity contribution in [3.05, 3.63) is 22.4 Å². The molecule has 6 heteroatoms. The van der Waals surface area contributed by atoms with Gasteiger partial charge in [0, 0.05) is 24.5 Å². The van der Waals surface area contributed by atoms with Crippen LogP contribution in [0.15, 0.2) is 22.5 Å². The lowest BCUT2D eigenvalue weighted by molar-refractivity contribution is 0.181. The number of likely N-dealkylation sites (tertiary alicyclic amines) is 1. The van der Waals surface area contributed by atoms with Crippen LogP contribution in [0.25, 0.3) is 0 Å². The second-order valence-electron chi connectivity index (χ2n) is 6.28. The maximum Gasteiger partial charge on any atom is 0.188 e. The molecule has 0 saturated carbocycles. The average molecular weight is 450 g/mol. The highest BCUT2D eigenvalue weighted by atomic mass is 127. The lowest BCUT2D eigenvalue weighted by atomic mass is 10.0. The van der Waals surface area contributed by atoms with Crippen LogP contribution >= 0.6 is 35.3 Å². The lowest BCUT2D eigenvalue weighted by Gasteiger charge is -2.30. The molecule has 0 bridgehead atoms. The van der Waals surface area contributed by atoms with Crippen LogP contribution in [0.2, 0.25) is 0 Å². The number of nitrogens with one attached hydrogen (secondary N) is 1. The molecule has 0 radical (unpaired) electrons. The van der Waals surface area contributed by atoms with Gasteiger partial charge in [0.15, 0.2) is 5.96 Å². The summed E-state index contributed by atoms with van der Waals surface area (Å²) in [6.07, 6.45) is 6.12. The van der Waals surface area contributed by atoms with Gasteiger partial charge in [-0.25, -0.2) is 0 Å². The van der Waals surface area contributed by atoms with Crippen molar-refractivity contribution in [3.8, 4) is 0 Å².